The highest BCUT2D eigenvalue weighted by atomic mass is 32.1. The van der Waals surface area contributed by atoms with Crippen LogP contribution < -0.4 is 10.1 Å². The number of alkyl halides is 3. The number of alkyl carbamates (subject to hydrolysis) is 1. The van der Waals surface area contributed by atoms with Gasteiger partial charge in [-0.25, -0.2) is 9.59 Å². The summed E-state index contributed by atoms with van der Waals surface area (Å²) in [5, 5.41) is 14.1. The van der Waals surface area contributed by atoms with Gasteiger partial charge in [-0.2, -0.15) is 0 Å². The maximum atomic E-state index is 14.0. The van der Waals surface area contributed by atoms with Crippen molar-refractivity contribution < 1.29 is 42.1 Å². The number of ether oxygens (including phenoxy) is 2. The average molecular weight is 650 g/mol. The van der Waals surface area contributed by atoms with Crippen LogP contribution in [0.25, 0.3) is 0 Å². The molecule has 3 rings (SSSR count). The van der Waals surface area contributed by atoms with Crippen LogP contribution in [0.15, 0.2) is 72.1 Å². The first kappa shape index (κ1) is 35.2. The summed E-state index contributed by atoms with van der Waals surface area (Å²) in [5.74, 6) is -0.965. The molecule has 0 saturated carbocycles. The number of carboxylic acid groups (broad SMARTS) is 1. The molecular formula is C32H38F3N3O6S. The Kier molecular flexibility index (Phi) is 12.7. The minimum atomic E-state index is -4.93. The van der Waals surface area contributed by atoms with E-state index in [0.717, 1.165) is 10.4 Å². The number of amides is 3. The van der Waals surface area contributed by atoms with Gasteiger partial charge in [-0.3, -0.25) is 4.79 Å². The van der Waals surface area contributed by atoms with Crippen molar-refractivity contribution in [3.63, 3.8) is 0 Å². The van der Waals surface area contributed by atoms with E-state index in [1.807, 2.05) is 35.7 Å². The maximum Gasteiger partial charge on any atom is 0.573 e. The molecule has 3 aromatic rings. The summed E-state index contributed by atoms with van der Waals surface area (Å²) in [6.07, 6.45) is -5.94. The van der Waals surface area contributed by atoms with Gasteiger partial charge in [-0.1, -0.05) is 54.6 Å². The fourth-order valence-electron chi connectivity index (χ4n) is 4.49. The third-order valence-corrected chi connectivity index (χ3v) is 7.31. The fraction of sp³-hybridized carbons (Fsp3) is 0.406. The lowest BCUT2D eigenvalue weighted by atomic mass is 10.1. The number of nitrogens with zero attached hydrogens (tertiary/aromatic N) is 2. The van der Waals surface area contributed by atoms with E-state index in [2.05, 4.69) is 10.1 Å². The van der Waals surface area contributed by atoms with E-state index in [1.165, 1.54) is 39.3 Å². The molecule has 0 aliphatic heterocycles. The molecule has 1 aromatic heterocycles. The van der Waals surface area contributed by atoms with Crippen molar-refractivity contribution >= 4 is 29.4 Å². The van der Waals surface area contributed by atoms with Crippen molar-refractivity contribution in [1.82, 2.24) is 15.1 Å². The second-order valence-electron chi connectivity index (χ2n) is 11.3. The van der Waals surface area contributed by atoms with Crippen molar-refractivity contribution in [2.45, 2.75) is 77.7 Å². The van der Waals surface area contributed by atoms with Crippen LogP contribution in [0.1, 0.15) is 56.0 Å². The molecule has 2 N–H and O–H groups in total. The summed E-state index contributed by atoms with van der Waals surface area (Å²) < 4.78 is 49.0. The minimum absolute atomic E-state index is 0.0766. The molecule has 0 spiro atoms. The van der Waals surface area contributed by atoms with Crippen LogP contribution in [0.5, 0.6) is 5.75 Å². The number of para-hydroxylation sites is 1. The number of rotatable bonds is 14. The second-order valence-corrected chi connectivity index (χ2v) is 12.3. The van der Waals surface area contributed by atoms with E-state index < -0.39 is 41.8 Å². The van der Waals surface area contributed by atoms with Gasteiger partial charge in [-0.15, -0.1) is 24.5 Å². The van der Waals surface area contributed by atoms with E-state index >= 15 is 0 Å². The van der Waals surface area contributed by atoms with Gasteiger partial charge in [0.15, 0.2) is 0 Å². The van der Waals surface area contributed by atoms with E-state index in [9.17, 15) is 32.7 Å². The number of carbonyl (C=O) groups is 3. The molecule has 0 radical (unpaired) electrons. The van der Waals surface area contributed by atoms with Gasteiger partial charge in [0, 0.05) is 30.1 Å². The number of thiophene rings is 1. The Hall–Kier alpha value is -4.26. The highest BCUT2D eigenvalue weighted by Crippen LogP contribution is 2.28. The fourth-order valence-corrected chi connectivity index (χ4v) is 5.21. The monoisotopic (exact) mass is 649 g/mol. The van der Waals surface area contributed by atoms with Gasteiger partial charge in [0.25, 0.3) is 0 Å². The summed E-state index contributed by atoms with van der Waals surface area (Å²) in [4.78, 5) is 42.1. The highest BCUT2D eigenvalue weighted by molar-refractivity contribution is 7.09. The Morgan fingerprint density at radius 2 is 1.58 bits per heavy atom. The minimum Gasteiger partial charge on any atom is -0.465 e. The number of nitrogens with one attached hydrogen (secondary N) is 1. The van der Waals surface area contributed by atoms with E-state index in [0.29, 0.717) is 12.8 Å². The van der Waals surface area contributed by atoms with Crippen molar-refractivity contribution in [2.24, 2.45) is 0 Å². The number of halogens is 3. The third kappa shape index (κ3) is 12.7. The molecule has 1 atom stereocenters. The van der Waals surface area contributed by atoms with Gasteiger partial charge < -0.3 is 29.7 Å². The zero-order valence-corrected chi connectivity index (χ0v) is 26.2. The van der Waals surface area contributed by atoms with Crippen LogP contribution in [-0.4, -0.2) is 57.6 Å². The molecule has 0 bridgehead atoms. The number of hydrogen-bond donors (Lipinski definition) is 2. The molecule has 0 saturated heterocycles. The molecule has 13 heteroatoms. The molecule has 1 heterocycles. The third-order valence-electron chi connectivity index (χ3n) is 6.44. The lowest BCUT2D eigenvalue weighted by Gasteiger charge is -2.29. The maximum absolute atomic E-state index is 14.0. The Labute approximate surface area is 264 Å². The Bertz CT molecular complexity index is 1380. The summed E-state index contributed by atoms with van der Waals surface area (Å²) in [6, 6.07) is 17.2. The average Bonchev–Trinajstić information content (AvgIpc) is 3.46. The first-order chi connectivity index (χ1) is 21.2. The van der Waals surface area contributed by atoms with Crippen molar-refractivity contribution in [2.75, 3.05) is 6.54 Å². The zero-order valence-electron chi connectivity index (χ0n) is 25.4. The first-order valence-electron chi connectivity index (χ1n) is 14.4. The molecule has 3 amide bonds. The van der Waals surface area contributed by atoms with Crippen LogP contribution >= 0.6 is 11.3 Å². The number of benzene rings is 2. The van der Waals surface area contributed by atoms with Gasteiger partial charge in [0.05, 0.1) is 6.54 Å². The SMILES string of the molecule is CC(C)(C)OC(=O)NC(CCCCN(Cc1ccccc1)C(=O)O)C(=O)N(Cc1cccs1)Cc1ccccc1OC(F)(F)F. The predicted molar refractivity (Wildman–Crippen MR) is 164 cm³/mol. The van der Waals surface area contributed by atoms with E-state index in [4.69, 9.17) is 4.74 Å². The first-order valence-corrected chi connectivity index (χ1v) is 15.2. The summed E-state index contributed by atoms with van der Waals surface area (Å²) >= 11 is 1.38. The quantitative estimate of drug-likeness (QED) is 0.176. The standard InChI is InChI=1S/C32H38F3N3O6S/c1-31(2,3)44-29(40)36-26(16-9-10-18-37(30(41)42)20-23-12-5-4-6-13-23)28(39)38(22-25-15-11-19-45-25)21-24-14-7-8-17-27(24)43-32(33,34)35/h4-8,11-15,17,19,26H,9-10,16,18,20-22H2,1-3H3,(H,36,40)(H,41,42). The number of hydrogen-bond acceptors (Lipinski definition) is 6. The van der Waals surface area contributed by atoms with Crippen molar-refractivity contribution in [1.29, 1.82) is 0 Å². The summed E-state index contributed by atoms with van der Waals surface area (Å²) in [5.41, 5.74) is 0.120. The lowest BCUT2D eigenvalue weighted by molar-refractivity contribution is -0.275. The molecule has 45 heavy (non-hydrogen) atoms. The summed E-state index contributed by atoms with van der Waals surface area (Å²) in [7, 11) is 0. The zero-order chi connectivity index (χ0) is 33.0. The second kappa shape index (κ2) is 16.2. The molecule has 0 aliphatic carbocycles. The predicted octanol–water partition coefficient (Wildman–Crippen LogP) is 7.42. The largest absolute Gasteiger partial charge is 0.573 e. The molecule has 0 aliphatic rings. The molecule has 0 fully saturated rings. The van der Waals surface area contributed by atoms with Gasteiger partial charge in [-0.05, 0) is 63.1 Å². The lowest BCUT2D eigenvalue weighted by Crippen LogP contribution is -2.49. The van der Waals surface area contributed by atoms with Crippen LogP contribution in [0.4, 0.5) is 22.8 Å². The highest BCUT2D eigenvalue weighted by Gasteiger charge is 2.33. The molecule has 9 nitrogen and oxygen atoms in total. The van der Waals surface area contributed by atoms with Crippen LogP contribution in [0.3, 0.4) is 0 Å². The van der Waals surface area contributed by atoms with Crippen LogP contribution in [-0.2, 0) is 29.2 Å². The normalized spacial score (nSPS) is 12.2. The van der Waals surface area contributed by atoms with Gasteiger partial charge >= 0.3 is 18.5 Å². The molecule has 244 valence electrons. The summed E-state index contributed by atoms with van der Waals surface area (Å²) in [6.45, 7) is 5.28. The van der Waals surface area contributed by atoms with E-state index in [1.54, 1.807) is 39.0 Å². The van der Waals surface area contributed by atoms with Gasteiger partial charge in [0.2, 0.25) is 5.91 Å². The van der Waals surface area contributed by atoms with Crippen LogP contribution in [0.2, 0.25) is 0 Å². The molecular weight excluding hydrogens is 611 g/mol. The Morgan fingerprint density at radius 1 is 0.889 bits per heavy atom. The van der Waals surface area contributed by atoms with Crippen LogP contribution in [0, 0.1) is 0 Å². The van der Waals surface area contributed by atoms with Gasteiger partial charge in [0.1, 0.15) is 17.4 Å². The smallest absolute Gasteiger partial charge is 0.465 e. The number of carbonyl (C=O) groups excluding carboxylic acids is 2. The Morgan fingerprint density at radius 3 is 2.20 bits per heavy atom. The molecule has 2 aromatic carbocycles. The topological polar surface area (TPSA) is 108 Å². The van der Waals surface area contributed by atoms with E-state index in [-0.39, 0.29) is 38.2 Å². The Balaban J connectivity index is 1.80. The molecule has 1 unspecified atom stereocenters. The number of unbranched alkanes of at least 4 members (excludes halogenated alkanes) is 1. The van der Waals surface area contributed by atoms with Crippen molar-refractivity contribution in [3.8, 4) is 5.75 Å². The van der Waals surface area contributed by atoms with Crippen molar-refractivity contribution in [3.05, 3.63) is 88.1 Å².